The molecule has 6 heteroatoms. The molecule has 182 valence electrons. The minimum Gasteiger partial charge on any atom is -0.497 e. The van der Waals surface area contributed by atoms with Gasteiger partial charge < -0.3 is 15.0 Å². The lowest BCUT2D eigenvalue weighted by Gasteiger charge is -2.53. The third-order valence-corrected chi connectivity index (χ3v) is 8.92. The van der Waals surface area contributed by atoms with Gasteiger partial charge in [-0.05, 0) is 92.3 Å². The van der Waals surface area contributed by atoms with Gasteiger partial charge in [0, 0.05) is 24.5 Å². The molecule has 2 aromatic carbocycles. The predicted molar refractivity (Wildman–Crippen MR) is 138 cm³/mol. The zero-order chi connectivity index (χ0) is 23.7. The van der Waals surface area contributed by atoms with Crippen LogP contribution in [-0.4, -0.2) is 43.6 Å². The van der Waals surface area contributed by atoms with Crippen LogP contribution in [0.25, 0.3) is 0 Å². The van der Waals surface area contributed by atoms with Crippen LogP contribution in [0.3, 0.4) is 0 Å². The molecular weight excluding hydrogens is 467 g/mol. The topological polar surface area (TPSA) is 41.6 Å². The maximum Gasteiger partial charge on any atom is 0.224 e. The number of halogens is 2. The number of amides is 1. The van der Waals surface area contributed by atoms with E-state index in [2.05, 4.69) is 28.4 Å². The minimum absolute atomic E-state index is 0.0498. The summed E-state index contributed by atoms with van der Waals surface area (Å²) >= 11 is 12.2. The Morgan fingerprint density at radius 3 is 2.74 bits per heavy atom. The van der Waals surface area contributed by atoms with Crippen molar-refractivity contribution < 1.29 is 9.53 Å². The second kappa shape index (κ2) is 10.1. The summed E-state index contributed by atoms with van der Waals surface area (Å²) in [5, 5.41) is 4.35. The van der Waals surface area contributed by atoms with Gasteiger partial charge in [-0.3, -0.25) is 4.79 Å². The minimum atomic E-state index is 0.0498. The summed E-state index contributed by atoms with van der Waals surface area (Å²) < 4.78 is 5.58. The Hall–Kier alpha value is -1.75. The van der Waals surface area contributed by atoms with Gasteiger partial charge in [0.2, 0.25) is 5.91 Å². The summed E-state index contributed by atoms with van der Waals surface area (Å²) in [6, 6.07) is 14.2. The number of hydrogen-bond acceptors (Lipinski definition) is 3. The van der Waals surface area contributed by atoms with E-state index in [9.17, 15) is 4.79 Å². The Morgan fingerprint density at radius 2 is 1.97 bits per heavy atom. The zero-order valence-electron chi connectivity index (χ0n) is 19.9. The van der Waals surface area contributed by atoms with Crippen molar-refractivity contribution in [3.8, 4) is 5.75 Å². The average Bonchev–Trinajstić information content (AvgIpc) is 3.65. The van der Waals surface area contributed by atoms with Gasteiger partial charge in [0.05, 0.1) is 23.6 Å². The molecule has 3 fully saturated rings. The largest absolute Gasteiger partial charge is 0.497 e. The molecule has 1 N–H and O–H groups in total. The Bertz CT molecular complexity index is 1040. The molecule has 1 heterocycles. The smallest absolute Gasteiger partial charge is 0.224 e. The number of carbonyl (C=O) groups is 1. The second-order valence-corrected chi connectivity index (χ2v) is 11.3. The number of benzene rings is 2. The highest BCUT2D eigenvalue weighted by molar-refractivity contribution is 6.42. The number of carbonyl (C=O) groups excluding carboxylic acids is 1. The summed E-state index contributed by atoms with van der Waals surface area (Å²) in [5.41, 5.74) is 2.33. The van der Waals surface area contributed by atoms with Crippen molar-refractivity contribution in [3.05, 3.63) is 63.6 Å². The highest BCUT2D eigenvalue weighted by atomic mass is 35.5. The SMILES string of the molecule is COc1cccc([C@@]23CCN(CC4CC4)C[C@H]2CC[C@H](NC(=O)Cc2ccc(Cl)c(Cl)c2)C3)c1. The molecule has 1 aliphatic heterocycles. The molecule has 4 nitrogen and oxygen atoms in total. The monoisotopic (exact) mass is 500 g/mol. The Balaban J connectivity index is 1.32. The van der Waals surface area contributed by atoms with Crippen molar-refractivity contribution in [2.75, 3.05) is 26.7 Å². The van der Waals surface area contributed by atoms with E-state index in [1.165, 1.54) is 24.9 Å². The fraction of sp³-hybridized carbons (Fsp3) is 0.536. The summed E-state index contributed by atoms with van der Waals surface area (Å²) in [5.74, 6) is 2.49. The number of fused-ring (bicyclic) bond motifs is 1. The molecule has 2 aromatic rings. The normalized spacial score (nSPS) is 27.1. The van der Waals surface area contributed by atoms with Crippen LogP contribution < -0.4 is 10.1 Å². The Kier molecular flexibility index (Phi) is 7.11. The van der Waals surface area contributed by atoms with Gasteiger partial charge in [-0.2, -0.15) is 0 Å². The molecular formula is C28H34Cl2N2O2. The fourth-order valence-corrected chi connectivity index (χ4v) is 6.54. The molecule has 3 aliphatic rings. The second-order valence-electron chi connectivity index (χ2n) is 10.5. The van der Waals surface area contributed by atoms with E-state index >= 15 is 0 Å². The molecule has 34 heavy (non-hydrogen) atoms. The third-order valence-electron chi connectivity index (χ3n) is 8.18. The zero-order valence-corrected chi connectivity index (χ0v) is 21.4. The number of nitrogens with zero attached hydrogens (tertiary/aromatic N) is 1. The van der Waals surface area contributed by atoms with Gasteiger partial charge in [-0.15, -0.1) is 0 Å². The molecule has 2 aliphatic carbocycles. The number of hydrogen-bond donors (Lipinski definition) is 1. The van der Waals surface area contributed by atoms with Gasteiger partial charge >= 0.3 is 0 Å². The van der Waals surface area contributed by atoms with Crippen LogP contribution in [0, 0.1) is 11.8 Å². The van der Waals surface area contributed by atoms with Crippen molar-refractivity contribution >= 4 is 29.1 Å². The van der Waals surface area contributed by atoms with Crippen molar-refractivity contribution in [1.82, 2.24) is 10.2 Å². The first-order valence-corrected chi connectivity index (χ1v) is 13.3. The molecule has 1 saturated heterocycles. The van der Waals surface area contributed by atoms with E-state index in [-0.39, 0.29) is 17.4 Å². The van der Waals surface area contributed by atoms with Crippen molar-refractivity contribution in [1.29, 1.82) is 0 Å². The van der Waals surface area contributed by atoms with Crippen molar-refractivity contribution in [3.63, 3.8) is 0 Å². The third kappa shape index (κ3) is 5.24. The number of likely N-dealkylation sites (tertiary alicyclic amines) is 1. The molecule has 2 saturated carbocycles. The summed E-state index contributed by atoms with van der Waals surface area (Å²) in [6.45, 7) is 3.56. The Labute approximate surface area is 213 Å². The van der Waals surface area contributed by atoms with Crippen LogP contribution in [0.1, 0.15) is 49.7 Å². The average molecular weight is 501 g/mol. The molecule has 5 rings (SSSR count). The summed E-state index contributed by atoms with van der Waals surface area (Å²) in [7, 11) is 1.74. The molecule has 0 bridgehead atoms. The molecule has 0 spiro atoms. The van der Waals surface area contributed by atoms with Gasteiger partial charge in [0.1, 0.15) is 5.75 Å². The molecule has 0 unspecified atom stereocenters. The molecule has 0 aromatic heterocycles. The van der Waals surface area contributed by atoms with Crippen LogP contribution >= 0.6 is 23.2 Å². The van der Waals surface area contributed by atoms with Gasteiger partial charge in [0.25, 0.3) is 0 Å². The predicted octanol–water partition coefficient (Wildman–Crippen LogP) is 5.88. The lowest BCUT2D eigenvalue weighted by molar-refractivity contribution is -0.121. The lowest BCUT2D eigenvalue weighted by Crippen LogP contribution is -2.56. The number of nitrogens with one attached hydrogen (secondary N) is 1. The lowest BCUT2D eigenvalue weighted by atomic mass is 9.58. The van der Waals surface area contributed by atoms with Crippen LogP contribution in [-0.2, 0) is 16.6 Å². The first-order chi connectivity index (χ1) is 16.4. The van der Waals surface area contributed by atoms with Crippen LogP contribution in [0.5, 0.6) is 5.75 Å². The maximum absolute atomic E-state index is 12.9. The van der Waals surface area contributed by atoms with E-state index in [4.69, 9.17) is 27.9 Å². The first-order valence-electron chi connectivity index (χ1n) is 12.6. The summed E-state index contributed by atoms with van der Waals surface area (Å²) in [6.07, 6.45) is 7.39. The van der Waals surface area contributed by atoms with E-state index in [0.29, 0.717) is 22.4 Å². The highest BCUT2D eigenvalue weighted by Gasteiger charge is 2.48. The van der Waals surface area contributed by atoms with E-state index in [1.54, 1.807) is 19.2 Å². The molecule has 3 atom stereocenters. The van der Waals surface area contributed by atoms with Crippen molar-refractivity contribution in [2.45, 2.75) is 56.4 Å². The van der Waals surface area contributed by atoms with Crippen molar-refractivity contribution in [2.24, 2.45) is 11.8 Å². The summed E-state index contributed by atoms with van der Waals surface area (Å²) in [4.78, 5) is 15.6. The van der Waals surface area contributed by atoms with Gasteiger partial charge in [-0.1, -0.05) is 41.4 Å². The number of rotatable bonds is 7. The van der Waals surface area contributed by atoms with E-state index in [1.807, 2.05) is 12.1 Å². The Morgan fingerprint density at radius 1 is 1.12 bits per heavy atom. The van der Waals surface area contributed by atoms with E-state index in [0.717, 1.165) is 56.0 Å². The van der Waals surface area contributed by atoms with Crippen LogP contribution in [0.15, 0.2) is 42.5 Å². The fourth-order valence-electron chi connectivity index (χ4n) is 6.22. The van der Waals surface area contributed by atoms with Crippen LogP contribution in [0.2, 0.25) is 10.0 Å². The van der Waals surface area contributed by atoms with Gasteiger partial charge in [0.15, 0.2) is 0 Å². The quantitative estimate of drug-likeness (QED) is 0.515. The standard InChI is InChI=1S/C28H34Cl2N2O2/c1-34-24-4-2-3-21(15-24)28-11-12-32(17-19-5-6-19)18-22(28)8-9-23(16-28)31-27(33)14-20-7-10-25(29)26(30)13-20/h2-4,7,10,13,15,19,22-23H,5-6,8-9,11-12,14,16-18H2,1H3,(H,31,33)/t22-,23+,28+/m1/s1. The van der Waals surface area contributed by atoms with E-state index < -0.39 is 0 Å². The molecule has 0 radical (unpaired) electrons. The number of methoxy groups -OCH3 is 1. The van der Waals surface area contributed by atoms with Crippen LogP contribution in [0.4, 0.5) is 0 Å². The number of ether oxygens (including phenoxy) is 1. The molecule has 1 amide bonds. The highest BCUT2D eigenvalue weighted by Crippen LogP contribution is 2.50. The first kappa shape index (κ1) is 24.0. The maximum atomic E-state index is 12.9. The van der Waals surface area contributed by atoms with Gasteiger partial charge in [-0.25, -0.2) is 0 Å². The number of piperidine rings is 1.